The second-order valence-corrected chi connectivity index (χ2v) is 4.30. The molecule has 6 heteroatoms. The summed E-state index contributed by atoms with van der Waals surface area (Å²) >= 11 is 0. The number of carbonyl (C=O) groups excluding carboxylic acids is 1. The van der Waals surface area contributed by atoms with Gasteiger partial charge in [0.15, 0.2) is 5.96 Å². The molecule has 19 heavy (non-hydrogen) atoms. The Kier molecular flexibility index (Phi) is 6.38. The lowest BCUT2D eigenvalue weighted by Gasteiger charge is -2.15. The van der Waals surface area contributed by atoms with Crippen molar-refractivity contribution in [3.8, 4) is 0 Å². The quantitative estimate of drug-likeness (QED) is 0.255. The van der Waals surface area contributed by atoms with Crippen LogP contribution in [0.5, 0.6) is 0 Å². The average Bonchev–Trinajstić information content (AvgIpc) is 2.38. The molecule has 0 saturated heterocycles. The third-order valence-corrected chi connectivity index (χ3v) is 2.72. The van der Waals surface area contributed by atoms with E-state index in [9.17, 15) is 4.79 Å². The Hall–Kier alpha value is -2.08. The van der Waals surface area contributed by atoms with Gasteiger partial charge < -0.3 is 22.1 Å². The van der Waals surface area contributed by atoms with Crippen molar-refractivity contribution in [2.45, 2.75) is 25.4 Å². The molecule has 1 aromatic rings. The fraction of sp³-hybridized carbons (Fsp3) is 0.385. The van der Waals surface area contributed by atoms with Crippen LogP contribution in [0.4, 0.5) is 0 Å². The number of nitrogens with one attached hydrogen (secondary N) is 3. The first-order chi connectivity index (χ1) is 9.09. The van der Waals surface area contributed by atoms with Crippen LogP contribution in [0.15, 0.2) is 30.3 Å². The number of amides is 1. The van der Waals surface area contributed by atoms with Crippen molar-refractivity contribution >= 4 is 11.9 Å². The fourth-order valence-corrected chi connectivity index (χ4v) is 1.71. The topological polar surface area (TPSA) is 117 Å². The predicted molar refractivity (Wildman–Crippen MR) is 75.4 cm³/mol. The molecule has 0 radical (unpaired) electrons. The summed E-state index contributed by atoms with van der Waals surface area (Å²) < 4.78 is 0. The SMILES string of the molecule is N=C(N)NCCC[C@H](NCc1ccccc1)C(N)=O. The van der Waals surface area contributed by atoms with E-state index in [-0.39, 0.29) is 17.9 Å². The van der Waals surface area contributed by atoms with Gasteiger partial charge in [0.25, 0.3) is 0 Å². The van der Waals surface area contributed by atoms with E-state index >= 15 is 0 Å². The van der Waals surface area contributed by atoms with Gasteiger partial charge in [-0.1, -0.05) is 30.3 Å². The number of benzene rings is 1. The van der Waals surface area contributed by atoms with E-state index in [0.717, 1.165) is 12.0 Å². The highest BCUT2D eigenvalue weighted by molar-refractivity contribution is 5.79. The van der Waals surface area contributed by atoms with E-state index in [1.165, 1.54) is 0 Å². The molecule has 1 aromatic carbocycles. The van der Waals surface area contributed by atoms with Crippen LogP contribution >= 0.6 is 0 Å². The summed E-state index contributed by atoms with van der Waals surface area (Å²) in [6, 6.07) is 9.46. The van der Waals surface area contributed by atoms with Crippen LogP contribution in [0.1, 0.15) is 18.4 Å². The third-order valence-electron chi connectivity index (χ3n) is 2.72. The lowest BCUT2D eigenvalue weighted by molar-refractivity contribution is -0.120. The van der Waals surface area contributed by atoms with E-state index in [0.29, 0.717) is 19.5 Å². The average molecular weight is 263 g/mol. The Balaban J connectivity index is 2.32. The van der Waals surface area contributed by atoms with Crippen LogP contribution in [-0.2, 0) is 11.3 Å². The molecule has 0 aliphatic heterocycles. The van der Waals surface area contributed by atoms with Gasteiger partial charge in [0.1, 0.15) is 0 Å². The molecule has 104 valence electrons. The van der Waals surface area contributed by atoms with Crippen LogP contribution < -0.4 is 22.1 Å². The van der Waals surface area contributed by atoms with E-state index in [2.05, 4.69) is 10.6 Å². The minimum atomic E-state index is -0.367. The number of hydrogen-bond acceptors (Lipinski definition) is 3. The number of carbonyl (C=O) groups is 1. The van der Waals surface area contributed by atoms with Gasteiger partial charge in [-0.25, -0.2) is 0 Å². The lowest BCUT2D eigenvalue weighted by Crippen LogP contribution is -2.41. The van der Waals surface area contributed by atoms with Crippen LogP contribution in [0.3, 0.4) is 0 Å². The van der Waals surface area contributed by atoms with Crippen molar-refractivity contribution in [1.29, 1.82) is 5.41 Å². The van der Waals surface area contributed by atoms with Crippen LogP contribution in [0.25, 0.3) is 0 Å². The Morgan fingerprint density at radius 2 is 1.95 bits per heavy atom. The maximum Gasteiger partial charge on any atom is 0.234 e. The highest BCUT2D eigenvalue weighted by atomic mass is 16.1. The normalized spacial score (nSPS) is 11.8. The number of rotatable bonds is 8. The van der Waals surface area contributed by atoms with E-state index in [1.807, 2.05) is 30.3 Å². The van der Waals surface area contributed by atoms with Gasteiger partial charge in [0, 0.05) is 13.1 Å². The molecule has 0 fully saturated rings. The number of guanidine groups is 1. The number of hydrogen-bond donors (Lipinski definition) is 5. The van der Waals surface area contributed by atoms with Crippen molar-refractivity contribution in [2.75, 3.05) is 6.54 Å². The molecule has 0 saturated carbocycles. The first kappa shape index (κ1) is 15.0. The first-order valence-corrected chi connectivity index (χ1v) is 6.24. The summed E-state index contributed by atoms with van der Waals surface area (Å²) in [5.41, 5.74) is 11.6. The van der Waals surface area contributed by atoms with Crippen molar-refractivity contribution < 1.29 is 4.79 Å². The molecule has 0 aromatic heterocycles. The highest BCUT2D eigenvalue weighted by Gasteiger charge is 2.13. The van der Waals surface area contributed by atoms with Gasteiger partial charge >= 0.3 is 0 Å². The molecular formula is C13H21N5O. The smallest absolute Gasteiger partial charge is 0.234 e. The second kappa shape index (κ2) is 8.10. The molecule has 0 unspecified atom stereocenters. The van der Waals surface area contributed by atoms with Crippen molar-refractivity contribution in [3.63, 3.8) is 0 Å². The molecule has 0 bridgehead atoms. The van der Waals surface area contributed by atoms with E-state index in [1.54, 1.807) is 0 Å². The molecule has 0 aliphatic rings. The number of nitrogens with two attached hydrogens (primary N) is 2. The Bertz CT molecular complexity index is 407. The van der Waals surface area contributed by atoms with Gasteiger partial charge in [-0.15, -0.1) is 0 Å². The Morgan fingerprint density at radius 3 is 2.53 bits per heavy atom. The fourth-order valence-electron chi connectivity index (χ4n) is 1.71. The van der Waals surface area contributed by atoms with Gasteiger partial charge in [-0.2, -0.15) is 0 Å². The largest absolute Gasteiger partial charge is 0.370 e. The summed E-state index contributed by atoms with van der Waals surface area (Å²) in [7, 11) is 0. The molecule has 7 N–H and O–H groups in total. The summed E-state index contributed by atoms with van der Waals surface area (Å²) in [6.45, 7) is 1.17. The Labute approximate surface area is 113 Å². The molecular weight excluding hydrogens is 242 g/mol. The third kappa shape index (κ3) is 6.42. The van der Waals surface area contributed by atoms with Crippen molar-refractivity contribution in [3.05, 3.63) is 35.9 Å². The lowest BCUT2D eigenvalue weighted by atomic mass is 10.1. The summed E-state index contributed by atoms with van der Waals surface area (Å²) in [5, 5.41) is 12.8. The van der Waals surface area contributed by atoms with Crippen LogP contribution in [0, 0.1) is 5.41 Å². The van der Waals surface area contributed by atoms with Gasteiger partial charge in [-0.05, 0) is 18.4 Å². The van der Waals surface area contributed by atoms with Gasteiger partial charge in [0.2, 0.25) is 5.91 Å². The monoisotopic (exact) mass is 263 g/mol. The minimum Gasteiger partial charge on any atom is -0.370 e. The zero-order chi connectivity index (χ0) is 14.1. The summed E-state index contributed by atoms with van der Waals surface area (Å²) in [5.74, 6) is -0.424. The minimum absolute atomic E-state index is 0.0622. The molecule has 1 atom stereocenters. The van der Waals surface area contributed by atoms with Crippen molar-refractivity contribution in [1.82, 2.24) is 10.6 Å². The maximum absolute atomic E-state index is 11.3. The molecule has 0 aliphatic carbocycles. The Morgan fingerprint density at radius 1 is 1.26 bits per heavy atom. The number of primary amides is 1. The maximum atomic E-state index is 11.3. The molecule has 1 amide bonds. The standard InChI is InChI=1S/C13H21N5O/c14-12(19)11(7-4-8-17-13(15)16)18-9-10-5-2-1-3-6-10/h1-3,5-6,11,18H,4,7-9H2,(H2,14,19)(H4,15,16,17)/t11-/m0/s1. The van der Waals surface area contributed by atoms with E-state index < -0.39 is 0 Å². The summed E-state index contributed by atoms with van der Waals surface area (Å²) in [6.07, 6.45) is 1.33. The van der Waals surface area contributed by atoms with Gasteiger partial charge in [0.05, 0.1) is 6.04 Å². The molecule has 1 rings (SSSR count). The second-order valence-electron chi connectivity index (χ2n) is 4.30. The predicted octanol–water partition coefficient (Wildman–Crippen LogP) is -0.107. The van der Waals surface area contributed by atoms with Crippen molar-refractivity contribution in [2.24, 2.45) is 11.5 Å². The molecule has 0 spiro atoms. The van der Waals surface area contributed by atoms with E-state index in [4.69, 9.17) is 16.9 Å². The van der Waals surface area contributed by atoms with Gasteiger partial charge in [-0.3, -0.25) is 10.2 Å². The first-order valence-electron chi connectivity index (χ1n) is 6.24. The van der Waals surface area contributed by atoms with Crippen LogP contribution in [0.2, 0.25) is 0 Å². The van der Waals surface area contributed by atoms with Crippen LogP contribution in [-0.4, -0.2) is 24.5 Å². The highest BCUT2D eigenvalue weighted by Crippen LogP contribution is 2.01. The summed E-state index contributed by atoms with van der Waals surface area (Å²) in [4.78, 5) is 11.3. The zero-order valence-corrected chi connectivity index (χ0v) is 10.9. The zero-order valence-electron chi connectivity index (χ0n) is 10.9. The molecule has 6 nitrogen and oxygen atoms in total. The molecule has 0 heterocycles.